The van der Waals surface area contributed by atoms with E-state index < -0.39 is 0 Å². The number of piperazine rings is 1. The smallest absolute Gasteiger partial charge is 0.269 e. The average Bonchev–Trinajstić information content (AvgIpc) is 2.13. The first-order chi connectivity index (χ1) is 6.57. The van der Waals surface area contributed by atoms with Crippen LogP contribution in [0.5, 0.6) is 0 Å². The summed E-state index contributed by atoms with van der Waals surface area (Å²) in [6.45, 7) is 9.78. The summed E-state index contributed by atoms with van der Waals surface area (Å²) in [4.78, 5) is 15.4. The summed E-state index contributed by atoms with van der Waals surface area (Å²) >= 11 is 0. The van der Waals surface area contributed by atoms with Gasteiger partial charge in [-0.15, -0.1) is 0 Å². The van der Waals surface area contributed by atoms with Crippen LogP contribution in [-0.4, -0.2) is 53.1 Å². The molecule has 1 saturated heterocycles. The van der Waals surface area contributed by atoms with Crippen LogP contribution >= 0.6 is 0 Å². The van der Waals surface area contributed by atoms with Crippen molar-refractivity contribution in [3.05, 3.63) is 12.3 Å². The van der Waals surface area contributed by atoms with Crippen LogP contribution < -0.4 is 0 Å². The van der Waals surface area contributed by atoms with Crippen molar-refractivity contribution in [2.45, 2.75) is 19.9 Å². The molecule has 0 aliphatic carbocycles. The number of amides is 1. The maximum Gasteiger partial charge on any atom is 0.269 e. The first kappa shape index (κ1) is 11.0. The molecule has 1 heterocycles. The molecule has 1 fully saturated rings. The number of carbonyl (C=O) groups excluding carboxylic acids is 1. The second-order valence-electron chi connectivity index (χ2n) is 3.75. The Kier molecular flexibility index (Phi) is 3.52. The number of β-amino-alcohol motifs (C(OH)–C–C–N with tert-alkyl or cyclic N) is 1. The van der Waals surface area contributed by atoms with Crippen LogP contribution in [-0.2, 0) is 4.79 Å². The second-order valence-corrected chi connectivity index (χ2v) is 3.75. The van der Waals surface area contributed by atoms with E-state index in [1.54, 1.807) is 4.90 Å². The van der Waals surface area contributed by atoms with Gasteiger partial charge in [-0.1, -0.05) is 6.58 Å². The van der Waals surface area contributed by atoms with Gasteiger partial charge < -0.3 is 14.9 Å². The van der Waals surface area contributed by atoms with E-state index in [4.69, 9.17) is 5.11 Å². The highest BCUT2D eigenvalue weighted by atomic mass is 16.3. The summed E-state index contributed by atoms with van der Waals surface area (Å²) < 4.78 is 0. The normalized spacial score (nSPS) is 18.3. The zero-order chi connectivity index (χ0) is 10.7. The summed E-state index contributed by atoms with van der Waals surface area (Å²) in [5.74, 6) is -0.0142. The molecular weight excluding hydrogens is 180 g/mol. The fourth-order valence-electron chi connectivity index (χ4n) is 1.63. The maximum absolute atomic E-state index is 11.8. The largest absolute Gasteiger partial charge is 0.395 e. The Morgan fingerprint density at radius 3 is 2.64 bits per heavy atom. The molecule has 80 valence electrons. The molecule has 0 aromatic carbocycles. The van der Waals surface area contributed by atoms with Gasteiger partial charge in [0.15, 0.2) is 0 Å². The van der Waals surface area contributed by atoms with Crippen LogP contribution in [0.1, 0.15) is 13.8 Å². The van der Waals surface area contributed by atoms with E-state index in [-0.39, 0.29) is 18.6 Å². The minimum atomic E-state index is -0.0142. The van der Waals surface area contributed by atoms with E-state index in [9.17, 15) is 4.79 Å². The standard InChI is InChI=1S/C10H18N2O2/c1-8(2)12-5-4-11(6-7-13)9(3)10(12)14/h8,13H,3-7H2,1-2H3. The Morgan fingerprint density at radius 2 is 2.14 bits per heavy atom. The third kappa shape index (κ3) is 2.07. The topological polar surface area (TPSA) is 43.8 Å². The van der Waals surface area contributed by atoms with Crippen molar-refractivity contribution in [2.75, 3.05) is 26.2 Å². The molecule has 1 aliphatic heterocycles. The number of nitrogens with zero attached hydrogens (tertiary/aromatic N) is 2. The van der Waals surface area contributed by atoms with Gasteiger partial charge in [0.1, 0.15) is 0 Å². The molecule has 0 spiro atoms. The molecule has 1 amide bonds. The fraction of sp³-hybridized carbons (Fsp3) is 0.700. The van der Waals surface area contributed by atoms with Crippen molar-refractivity contribution in [1.29, 1.82) is 0 Å². The number of hydrogen-bond acceptors (Lipinski definition) is 3. The zero-order valence-corrected chi connectivity index (χ0v) is 8.86. The highest BCUT2D eigenvalue weighted by molar-refractivity contribution is 5.93. The molecule has 1 aliphatic rings. The Hall–Kier alpha value is -1.03. The quantitative estimate of drug-likeness (QED) is 0.651. The van der Waals surface area contributed by atoms with Crippen LogP contribution in [0.15, 0.2) is 12.3 Å². The number of aliphatic hydroxyl groups is 1. The van der Waals surface area contributed by atoms with Gasteiger partial charge in [-0.05, 0) is 13.8 Å². The lowest BCUT2D eigenvalue weighted by atomic mass is 10.2. The van der Waals surface area contributed by atoms with Crippen LogP contribution in [0.3, 0.4) is 0 Å². The summed E-state index contributed by atoms with van der Waals surface area (Å²) in [5.41, 5.74) is 0.499. The van der Waals surface area contributed by atoms with Crippen LogP contribution in [0, 0.1) is 0 Å². The SMILES string of the molecule is C=C1C(=O)N(C(C)C)CCN1CCO. The van der Waals surface area contributed by atoms with Crippen molar-refractivity contribution in [3.8, 4) is 0 Å². The van der Waals surface area contributed by atoms with Gasteiger partial charge in [0.25, 0.3) is 5.91 Å². The van der Waals surface area contributed by atoms with Gasteiger partial charge in [-0.2, -0.15) is 0 Å². The minimum absolute atomic E-state index is 0.0142. The molecular formula is C10H18N2O2. The number of carbonyl (C=O) groups is 1. The van der Waals surface area contributed by atoms with E-state index >= 15 is 0 Å². The maximum atomic E-state index is 11.8. The van der Waals surface area contributed by atoms with Crippen LogP contribution in [0.2, 0.25) is 0 Å². The highest BCUT2D eigenvalue weighted by Crippen LogP contribution is 2.14. The van der Waals surface area contributed by atoms with E-state index in [0.29, 0.717) is 12.2 Å². The minimum Gasteiger partial charge on any atom is -0.395 e. The lowest BCUT2D eigenvalue weighted by Gasteiger charge is -2.38. The molecule has 0 saturated carbocycles. The summed E-state index contributed by atoms with van der Waals surface area (Å²) in [7, 11) is 0. The third-order valence-electron chi connectivity index (χ3n) is 2.49. The van der Waals surface area contributed by atoms with Gasteiger partial charge in [0.05, 0.1) is 12.3 Å². The van der Waals surface area contributed by atoms with Crippen molar-refractivity contribution in [3.63, 3.8) is 0 Å². The van der Waals surface area contributed by atoms with Crippen LogP contribution in [0.25, 0.3) is 0 Å². The molecule has 0 aromatic heterocycles. The number of rotatable bonds is 3. The van der Waals surface area contributed by atoms with Gasteiger partial charge in [0, 0.05) is 25.7 Å². The van der Waals surface area contributed by atoms with E-state index in [0.717, 1.165) is 13.1 Å². The Bertz CT molecular complexity index is 238. The second kappa shape index (κ2) is 4.46. The van der Waals surface area contributed by atoms with Gasteiger partial charge in [-0.25, -0.2) is 0 Å². The van der Waals surface area contributed by atoms with Crippen molar-refractivity contribution in [2.24, 2.45) is 0 Å². The monoisotopic (exact) mass is 198 g/mol. The van der Waals surface area contributed by atoms with E-state index in [1.165, 1.54) is 0 Å². The molecule has 14 heavy (non-hydrogen) atoms. The molecule has 0 bridgehead atoms. The molecule has 4 nitrogen and oxygen atoms in total. The summed E-state index contributed by atoms with van der Waals surface area (Å²) in [5, 5.41) is 8.79. The number of aliphatic hydroxyl groups excluding tert-OH is 1. The molecule has 0 atom stereocenters. The predicted octanol–water partition coefficient (Wildman–Crippen LogP) is 0.0450. The third-order valence-corrected chi connectivity index (χ3v) is 2.49. The summed E-state index contributed by atoms with van der Waals surface area (Å²) in [6, 6.07) is 0.218. The van der Waals surface area contributed by atoms with Crippen molar-refractivity contribution < 1.29 is 9.90 Å². The van der Waals surface area contributed by atoms with Crippen molar-refractivity contribution in [1.82, 2.24) is 9.80 Å². The molecule has 0 unspecified atom stereocenters. The molecule has 0 aromatic rings. The molecule has 4 heteroatoms. The Labute approximate surface area is 84.8 Å². The predicted molar refractivity (Wildman–Crippen MR) is 54.6 cm³/mol. The average molecular weight is 198 g/mol. The molecule has 0 radical (unpaired) electrons. The van der Waals surface area contributed by atoms with Crippen LogP contribution in [0.4, 0.5) is 0 Å². The molecule has 1 N–H and O–H groups in total. The molecule has 1 rings (SSSR count). The zero-order valence-electron chi connectivity index (χ0n) is 8.86. The van der Waals surface area contributed by atoms with Gasteiger partial charge >= 0.3 is 0 Å². The van der Waals surface area contributed by atoms with Gasteiger partial charge in [-0.3, -0.25) is 4.79 Å². The Balaban J connectivity index is 2.65. The lowest BCUT2D eigenvalue weighted by Crippen LogP contribution is -2.51. The highest BCUT2D eigenvalue weighted by Gasteiger charge is 2.28. The van der Waals surface area contributed by atoms with Crippen molar-refractivity contribution >= 4 is 5.91 Å². The lowest BCUT2D eigenvalue weighted by molar-refractivity contribution is -0.133. The fourth-order valence-corrected chi connectivity index (χ4v) is 1.63. The Morgan fingerprint density at radius 1 is 1.50 bits per heavy atom. The van der Waals surface area contributed by atoms with E-state index in [2.05, 4.69) is 6.58 Å². The van der Waals surface area contributed by atoms with Gasteiger partial charge in [0.2, 0.25) is 0 Å². The first-order valence-electron chi connectivity index (χ1n) is 4.93. The van der Waals surface area contributed by atoms with E-state index in [1.807, 2.05) is 18.7 Å². The first-order valence-corrected chi connectivity index (χ1v) is 4.93. The summed E-state index contributed by atoms with van der Waals surface area (Å²) in [6.07, 6.45) is 0. The number of hydrogen-bond donors (Lipinski definition) is 1.